The van der Waals surface area contributed by atoms with Crippen molar-refractivity contribution in [3.05, 3.63) is 137 Å². The molecule has 0 unspecified atom stereocenters. The van der Waals surface area contributed by atoms with Crippen LogP contribution in [0.1, 0.15) is 74.9 Å². The summed E-state index contributed by atoms with van der Waals surface area (Å²) >= 11 is 0. The van der Waals surface area contributed by atoms with Crippen LogP contribution in [0, 0.1) is 27.7 Å². The summed E-state index contributed by atoms with van der Waals surface area (Å²) in [7, 11) is 0. The van der Waals surface area contributed by atoms with Gasteiger partial charge in [-0.2, -0.15) is 5.10 Å². The van der Waals surface area contributed by atoms with Crippen molar-refractivity contribution in [2.45, 2.75) is 80.1 Å². The largest absolute Gasteiger partial charge is 0.215 e. The molecule has 1 aromatic heterocycles. The van der Waals surface area contributed by atoms with Gasteiger partial charge in [0.25, 0.3) is 0 Å². The summed E-state index contributed by atoms with van der Waals surface area (Å²) in [6.07, 6.45) is 1.66. The van der Waals surface area contributed by atoms with Gasteiger partial charge in [-0.3, -0.25) is 0 Å². The number of rotatable bonds is 5. The summed E-state index contributed by atoms with van der Waals surface area (Å²) in [4.78, 5) is 4.76. The van der Waals surface area contributed by atoms with Crippen molar-refractivity contribution in [1.82, 2.24) is 14.8 Å². The van der Waals surface area contributed by atoms with Crippen LogP contribution in [0.4, 0.5) is 0 Å². The molecule has 3 nitrogen and oxygen atoms in total. The highest BCUT2D eigenvalue weighted by atomic mass is 15.3. The number of hydrogen-bond donors (Lipinski definition) is 0. The van der Waals surface area contributed by atoms with Gasteiger partial charge in [0, 0.05) is 5.56 Å². The summed E-state index contributed by atoms with van der Waals surface area (Å²) < 4.78 is 1.99. The summed E-state index contributed by atoms with van der Waals surface area (Å²) in [5, 5.41) is 4.68. The van der Waals surface area contributed by atoms with Crippen molar-refractivity contribution >= 4 is 0 Å². The maximum Gasteiger partial charge on any atom is 0.163 e. The number of nitrogens with zero attached hydrogens (tertiary/aromatic N) is 3. The van der Waals surface area contributed by atoms with Gasteiger partial charge >= 0.3 is 0 Å². The molecule has 0 spiro atoms. The number of aromatic nitrogens is 3. The van der Waals surface area contributed by atoms with Crippen LogP contribution in [0.3, 0.4) is 0 Å². The molecular formula is C44H47N3. The highest BCUT2D eigenvalue weighted by Gasteiger charge is 2.21. The van der Waals surface area contributed by atoms with E-state index in [-0.39, 0.29) is 10.8 Å². The zero-order valence-corrected chi connectivity index (χ0v) is 29.7. The van der Waals surface area contributed by atoms with Crippen LogP contribution < -0.4 is 0 Å². The van der Waals surface area contributed by atoms with E-state index < -0.39 is 0 Å². The van der Waals surface area contributed by atoms with Gasteiger partial charge < -0.3 is 0 Å². The molecule has 0 saturated carbocycles. The minimum absolute atomic E-state index is 0.101. The third-order valence-electron chi connectivity index (χ3n) is 9.58. The molecule has 1 heterocycles. The van der Waals surface area contributed by atoms with E-state index in [0.717, 1.165) is 17.1 Å². The van der Waals surface area contributed by atoms with Crippen molar-refractivity contribution in [1.29, 1.82) is 0 Å². The molecule has 0 amide bonds. The van der Waals surface area contributed by atoms with Crippen LogP contribution in [0.25, 0.3) is 50.5 Å². The molecule has 0 aliphatic rings. The van der Waals surface area contributed by atoms with E-state index in [4.69, 9.17) is 4.98 Å². The molecule has 0 saturated heterocycles. The van der Waals surface area contributed by atoms with Crippen LogP contribution in [-0.2, 0) is 10.8 Å². The fourth-order valence-electron chi connectivity index (χ4n) is 6.80. The zero-order valence-electron chi connectivity index (χ0n) is 29.7. The lowest BCUT2D eigenvalue weighted by atomic mass is 9.82. The van der Waals surface area contributed by atoms with Gasteiger partial charge in [0.1, 0.15) is 6.33 Å². The Morgan fingerprint density at radius 3 is 1.47 bits per heavy atom. The molecule has 0 bridgehead atoms. The average molecular weight is 618 g/mol. The summed E-state index contributed by atoms with van der Waals surface area (Å²) in [5.74, 6) is 0.839. The molecule has 5 aromatic carbocycles. The Morgan fingerprint density at radius 1 is 0.511 bits per heavy atom. The van der Waals surface area contributed by atoms with Crippen LogP contribution in [0.2, 0.25) is 0 Å². The van der Waals surface area contributed by atoms with Crippen LogP contribution in [0.5, 0.6) is 0 Å². The Balaban J connectivity index is 1.55. The van der Waals surface area contributed by atoms with Gasteiger partial charge in [-0.05, 0) is 117 Å². The first-order chi connectivity index (χ1) is 22.2. The minimum Gasteiger partial charge on any atom is -0.215 e. The Labute approximate surface area is 281 Å². The number of hydrogen-bond acceptors (Lipinski definition) is 2. The van der Waals surface area contributed by atoms with E-state index >= 15 is 0 Å². The Morgan fingerprint density at radius 2 is 0.979 bits per heavy atom. The molecule has 6 aromatic rings. The number of para-hydroxylation sites is 1. The quantitative estimate of drug-likeness (QED) is 0.193. The topological polar surface area (TPSA) is 30.7 Å². The monoisotopic (exact) mass is 617 g/mol. The second kappa shape index (κ2) is 12.1. The molecule has 6 rings (SSSR count). The van der Waals surface area contributed by atoms with Gasteiger partial charge in [-0.1, -0.05) is 126 Å². The number of benzene rings is 5. The fraction of sp³-hybridized carbons (Fsp3) is 0.273. The Bertz CT molecular complexity index is 1960. The van der Waals surface area contributed by atoms with Crippen molar-refractivity contribution in [3.8, 4) is 50.5 Å². The first-order valence-electron chi connectivity index (χ1n) is 16.7. The van der Waals surface area contributed by atoms with Gasteiger partial charge in [-0.15, -0.1) is 0 Å². The fourth-order valence-corrected chi connectivity index (χ4v) is 6.80. The molecule has 238 valence electrons. The SMILES string of the molecule is Cc1cccc(C)c1-n1ncnc1-c1cccc(-c2c(C)c(-c3ccc(C(C)(C)C)cc3)cc(-c3ccc(C(C)(C)C)cc3)c2C)c1. The lowest BCUT2D eigenvalue weighted by Gasteiger charge is -2.23. The summed E-state index contributed by atoms with van der Waals surface area (Å²) in [6, 6.07) is 35.9. The zero-order chi connectivity index (χ0) is 33.7. The van der Waals surface area contributed by atoms with Crippen LogP contribution >= 0.6 is 0 Å². The molecule has 3 heteroatoms. The molecule has 0 N–H and O–H groups in total. The maximum absolute atomic E-state index is 4.76. The third-order valence-corrected chi connectivity index (χ3v) is 9.58. The predicted molar refractivity (Wildman–Crippen MR) is 199 cm³/mol. The van der Waals surface area contributed by atoms with E-state index in [0.29, 0.717) is 0 Å². The highest BCUT2D eigenvalue weighted by molar-refractivity contribution is 5.89. The van der Waals surface area contributed by atoms with E-state index in [1.54, 1.807) is 6.33 Å². The van der Waals surface area contributed by atoms with Crippen molar-refractivity contribution in [2.75, 3.05) is 0 Å². The molecule has 0 aliphatic carbocycles. The maximum atomic E-state index is 4.76. The van der Waals surface area contributed by atoms with Gasteiger partial charge in [0.2, 0.25) is 0 Å². The molecule has 0 atom stereocenters. The standard InChI is InChI=1S/C44H47N3/c1-28-13-11-14-29(2)41(28)47-42(45-27-46-47)35-16-12-15-34(25-35)40-30(3)38(32-17-21-36(22-18-32)43(5,6)7)26-39(31(40)4)33-19-23-37(24-20-33)44(8,9)10/h11-27H,1-10H3. The molecule has 0 fully saturated rings. The summed E-state index contributed by atoms with van der Waals surface area (Å²) in [6.45, 7) is 22.4. The first kappa shape index (κ1) is 32.2. The van der Waals surface area contributed by atoms with Crippen molar-refractivity contribution in [2.24, 2.45) is 0 Å². The van der Waals surface area contributed by atoms with Gasteiger partial charge in [-0.25, -0.2) is 9.67 Å². The molecule has 0 aliphatic heterocycles. The van der Waals surface area contributed by atoms with Crippen LogP contribution in [0.15, 0.2) is 103 Å². The lowest BCUT2D eigenvalue weighted by molar-refractivity contribution is 0.590. The van der Waals surface area contributed by atoms with Crippen LogP contribution in [-0.4, -0.2) is 14.8 Å². The Kier molecular flexibility index (Phi) is 8.30. The smallest absolute Gasteiger partial charge is 0.163 e. The third kappa shape index (κ3) is 6.20. The van der Waals surface area contributed by atoms with E-state index in [1.807, 2.05) is 4.68 Å². The van der Waals surface area contributed by atoms with Crippen molar-refractivity contribution < 1.29 is 0 Å². The lowest BCUT2D eigenvalue weighted by Crippen LogP contribution is -2.10. The predicted octanol–water partition coefficient (Wildman–Crippen LogP) is 11.8. The second-order valence-corrected chi connectivity index (χ2v) is 15.1. The average Bonchev–Trinajstić information content (AvgIpc) is 3.50. The summed E-state index contributed by atoms with van der Waals surface area (Å²) in [5.41, 5.74) is 17.3. The Hall–Kier alpha value is -4.76. The minimum atomic E-state index is 0.101. The first-order valence-corrected chi connectivity index (χ1v) is 16.7. The van der Waals surface area contributed by atoms with Gasteiger partial charge in [0.15, 0.2) is 5.82 Å². The molecule has 0 radical (unpaired) electrons. The highest BCUT2D eigenvalue weighted by Crippen LogP contribution is 2.42. The molecular weight excluding hydrogens is 571 g/mol. The van der Waals surface area contributed by atoms with E-state index in [2.05, 4.69) is 171 Å². The normalized spacial score (nSPS) is 12.0. The molecule has 47 heavy (non-hydrogen) atoms. The van der Waals surface area contributed by atoms with E-state index in [1.165, 1.54) is 66.8 Å². The van der Waals surface area contributed by atoms with E-state index in [9.17, 15) is 0 Å². The van der Waals surface area contributed by atoms with Gasteiger partial charge in [0.05, 0.1) is 5.69 Å². The second-order valence-electron chi connectivity index (χ2n) is 15.1. The van der Waals surface area contributed by atoms with Crippen molar-refractivity contribution in [3.63, 3.8) is 0 Å². The number of aryl methyl sites for hydroxylation is 2.